The maximum atomic E-state index is 5.53. The van der Waals surface area contributed by atoms with Gasteiger partial charge in [-0.15, -0.1) is 0 Å². The van der Waals surface area contributed by atoms with Gasteiger partial charge in [-0.05, 0) is 64.6 Å². The molecule has 7 rings (SSSR count). The molecule has 1 aliphatic carbocycles. The van der Waals surface area contributed by atoms with Crippen LogP contribution in [-0.2, 0) is 0 Å². The van der Waals surface area contributed by atoms with Crippen LogP contribution in [0.4, 0.5) is 0 Å². The number of rotatable bonds is 4. The van der Waals surface area contributed by atoms with Crippen molar-refractivity contribution in [1.82, 2.24) is 9.55 Å². The van der Waals surface area contributed by atoms with Gasteiger partial charge in [0.05, 0.1) is 11.4 Å². The summed E-state index contributed by atoms with van der Waals surface area (Å²) in [6.07, 6.45) is 8.94. The van der Waals surface area contributed by atoms with Gasteiger partial charge in [-0.3, -0.25) is 4.57 Å². The Balaban J connectivity index is 1.69. The zero-order chi connectivity index (χ0) is 25.5. The standard InChI is InChI=1S/C36H28N2/c1-25-29-21-11-13-23-31(29)33(32-24-14-12-22-30(25)32)36-37-34(26-15-5-2-6-16-26)35(27-17-7-3-8-18-27)38(36)28-19-9-4-10-20-28/h3-5,7-24H,2,6H2,1H3. The molecule has 38 heavy (non-hydrogen) atoms. The monoisotopic (exact) mass is 488 g/mol. The highest BCUT2D eigenvalue weighted by atomic mass is 15.1. The van der Waals surface area contributed by atoms with E-state index in [1.54, 1.807) is 0 Å². The molecule has 0 fully saturated rings. The van der Waals surface area contributed by atoms with Crippen molar-refractivity contribution in [1.29, 1.82) is 0 Å². The summed E-state index contributed by atoms with van der Waals surface area (Å²) >= 11 is 0. The normalized spacial score (nSPS) is 13.2. The molecule has 6 aromatic rings. The minimum atomic E-state index is 0.970. The predicted molar refractivity (Wildman–Crippen MR) is 161 cm³/mol. The highest BCUT2D eigenvalue weighted by Crippen LogP contribution is 2.43. The minimum absolute atomic E-state index is 0.970. The van der Waals surface area contributed by atoms with Crippen molar-refractivity contribution in [3.05, 3.63) is 139 Å². The molecule has 0 spiro atoms. The second-order valence-electron chi connectivity index (χ2n) is 9.90. The fraction of sp³-hybridized carbons (Fsp3) is 0.0833. The lowest BCUT2D eigenvalue weighted by Crippen LogP contribution is -2.02. The molecule has 0 unspecified atom stereocenters. The van der Waals surface area contributed by atoms with Crippen LogP contribution in [0.25, 0.3) is 55.5 Å². The number of aromatic nitrogens is 2. The molecule has 1 aliphatic rings. The molecular formula is C36H28N2. The number of aryl methyl sites for hydroxylation is 1. The molecule has 182 valence electrons. The molecule has 0 saturated carbocycles. The van der Waals surface area contributed by atoms with Crippen LogP contribution in [0.1, 0.15) is 24.1 Å². The Morgan fingerprint density at radius 3 is 1.82 bits per heavy atom. The highest BCUT2D eigenvalue weighted by Gasteiger charge is 2.25. The Kier molecular flexibility index (Phi) is 5.52. The number of imidazole rings is 1. The molecule has 5 aromatic carbocycles. The van der Waals surface area contributed by atoms with Gasteiger partial charge >= 0.3 is 0 Å². The number of para-hydroxylation sites is 1. The lowest BCUT2D eigenvalue weighted by atomic mass is 9.92. The molecule has 2 nitrogen and oxygen atoms in total. The van der Waals surface area contributed by atoms with E-state index in [-0.39, 0.29) is 0 Å². The number of allylic oxidation sites excluding steroid dienone is 4. The maximum absolute atomic E-state index is 5.53. The Morgan fingerprint density at radius 1 is 0.632 bits per heavy atom. The summed E-state index contributed by atoms with van der Waals surface area (Å²) in [6, 6.07) is 38.9. The lowest BCUT2D eigenvalue weighted by Gasteiger charge is -2.18. The van der Waals surface area contributed by atoms with Crippen molar-refractivity contribution in [2.45, 2.75) is 19.8 Å². The quantitative estimate of drug-likeness (QED) is 0.226. The van der Waals surface area contributed by atoms with Gasteiger partial charge in [-0.2, -0.15) is 0 Å². The van der Waals surface area contributed by atoms with E-state index in [0.717, 1.165) is 41.3 Å². The first-order chi connectivity index (χ1) is 18.8. The Morgan fingerprint density at radius 2 is 1.21 bits per heavy atom. The van der Waals surface area contributed by atoms with Crippen LogP contribution in [0.5, 0.6) is 0 Å². The molecule has 0 atom stereocenters. The summed E-state index contributed by atoms with van der Waals surface area (Å²) in [7, 11) is 0. The van der Waals surface area contributed by atoms with Crippen LogP contribution in [0.3, 0.4) is 0 Å². The van der Waals surface area contributed by atoms with Crippen LogP contribution in [0, 0.1) is 6.92 Å². The van der Waals surface area contributed by atoms with E-state index in [9.17, 15) is 0 Å². The fourth-order valence-electron chi connectivity index (χ4n) is 5.86. The number of benzene rings is 5. The Labute approximate surface area is 223 Å². The van der Waals surface area contributed by atoms with Gasteiger partial charge in [0.15, 0.2) is 0 Å². The molecule has 0 amide bonds. The van der Waals surface area contributed by atoms with E-state index in [0.29, 0.717) is 0 Å². The first kappa shape index (κ1) is 22.5. The maximum Gasteiger partial charge on any atom is 0.147 e. The SMILES string of the molecule is Cc1c2ccccc2c(-c2nc(C3=CCCC=C3)c(-c3ccccc3)n2-c2ccccc2)c2ccccc12. The fourth-order valence-corrected chi connectivity index (χ4v) is 5.86. The largest absolute Gasteiger partial charge is 0.292 e. The van der Waals surface area contributed by atoms with Crippen LogP contribution in [0.15, 0.2) is 127 Å². The van der Waals surface area contributed by atoms with Gasteiger partial charge in [-0.25, -0.2) is 4.98 Å². The predicted octanol–water partition coefficient (Wildman–Crippen LogP) is 9.55. The number of fused-ring (bicyclic) bond motifs is 2. The zero-order valence-corrected chi connectivity index (χ0v) is 21.4. The number of nitrogens with zero attached hydrogens (tertiary/aromatic N) is 2. The van der Waals surface area contributed by atoms with E-state index in [1.807, 2.05) is 0 Å². The molecule has 2 heteroatoms. The third-order valence-corrected chi connectivity index (χ3v) is 7.63. The molecule has 1 heterocycles. The third kappa shape index (κ3) is 3.61. The number of hydrogen-bond acceptors (Lipinski definition) is 1. The van der Waals surface area contributed by atoms with E-state index >= 15 is 0 Å². The Bertz CT molecular complexity index is 1800. The van der Waals surface area contributed by atoms with E-state index in [1.165, 1.54) is 38.2 Å². The average Bonchev–Trinajstić information content (AvgIpc) is 3.39. The van der Waals surface area contributed by atoms with E-state index in [2.05, 4.69) is 139 Å². The Hall–Kier alpha value is -4.69. The van der Waals surface area contributed by atoms with Crippen molar-refractivity contribution < 1.29 is 0 Å². The first-order valence-corrected chi connectivity index (χ1v) is 13.3. The summed E-state index contributed by atoms with van der Waals surface area (Å²) in [4.78, 5) is 5.53. The molecule has 0 radical (unpaired) electrons. The van der Waals surface area contributed by atoms with Crippen LogP contribution >= 0.6 is 0 Å². The van der Waals surface area contributed by atoms with Gasteiger partial charge in [-0.1, -0.05) is 115 Å². The van der Waals surface area contributed by atoms with Crippen molar-refractivity contribution in [3.63, 3.8) is 0 Å². The van der Waals surface area contributed by atoms with Crippen LogP contribution in [0.2, 0.25) is 0 Å². The van der Waals surface area contributed by atoms with Crippen molar-refractivity contribution in [2.24, 2.45) is 0 Å². The average molecular weight is 489 g/mol. The molecular weight excluding hydrogens is 460 g/mol. The minimum Gasteiger partial charge on any atom is -0.292 e. The first-order valence-electron chi connectivity index (χ1n) is 13.3. The van der Waals surface area contributed by atoms with Crippen LogP contribution < -0.4 is 0 Å². The number of hydrogen-bond donors (Lipinski definition) is 0. The molecule has 0 aliphatic heterocycles. The summed E-state index contributed by atoms with van der Waals surface area (Å²) < 4.78 is 2.37. The van der Waals surface area contributed by atoms with Crippen molar-refractivity contribution >= 4 is 27.1 Å². The molecule has 0 bridgehead atoms. The second-order valence-corrected chi connectivity index (χ2v) is 9.90. The van der Waals surface area contributed by atoms with Gasteiger partial charge in [0, 0.05) is 16.8 Å². The summed E-state index contributed by atoms with van der Waals surface area (Å²) in [6.45, 7) is 2.23. The highest BCUT2D eigenvalue weighted by molar-refractivity contribution is 6.14. The van der Waals surface area contributed by atoms with E-state index in [4.69, 9.17) is 4.98 Å². The smallest absolute Gasteiger partial charge is 0.147 e. The summed E-state index contributed by atoms with van der Waals surface area (Å²) in [5.74, 6) is 0.970. The van der Waals surface area contributed by atoms with Crippen molar-refractivity contribution in [3.8, 4) is 28.3 Å². The van der Waals surface area contributed by atoms with E-state index < -0.39 is 0 Å². The second kappa shape index (κ2) is 9.32. The summed E-state index contributed by atoms with van der Waals surface area (Å²) in [5.41, 5.74) is 8.08. The van der Waals surface area contributed by atoms with Crippen LogP contribution in [-0.4, -0.2) is 9.55 Å². The van der Waals surface area contributed by atoms with Gasteiger partial charge < -0.3 is 0 Å². The van der Waals surface area contributed by atoms with Gasteiger partial charge in [0.2, 0.25) is 0 Å². The van der Waals surface area contributed by atoms with Gasteiger partial charge in [0.25, 0.3) is 0 Å². The topological polar surface area (TPSA) is 17.8 Å². The van der Waals surface area contributed by atoms with Crippen molar-refractivity contribution in [2.75, 3.05) is 0 Å². The summed E-state index contributed by atoms with van der Waals surface area (Å²) in [5, 5.41) is 4.99. The molecule has 0 N–H and O–H groups in total. The van der Waals surface area contributed by atoms with Gasteiger partial charge in [0.1, 0.15) is 5.82 Å². The molecule has 1 aromatic heterocycles. The zero-order valence-electron chi connectivity index (χ0n) is 21.4. The third-order valence-electron chi connectivity index (χ3n) is 7.63. The lowest BCUT2D eigenvalue weighted by molar-refractivity contribution is 1.04. The molecule has 0 saturated heterocycles.